The van der Waals surface area contributed by atoms with Crippen molar-refractivity contribution in [2.75, 3.05) is 36.4 Å². The maximum atomic E-state index is 12.8. The highest BCUT2D eigenvalue weighted by Crippen LogP contribution is 2.30. The molecule has 3 rings (SSSR count). The summed E-state index contributed by atoms with van der Waals surface area (Å²) in [6.07, 6.45) is -4.43. The minimum Gasteiger partial charge on any atom is -0.368 e. The first-order valence-electron chi connectivity index (χ1n) is 8.79. The summed E-state index contributed by atoms with van der Waals surface area (Å²) in [7, 11) is 0. The fourth-order valence-corrected chi connectivity index (χ4v) is 3.19. The fraction of sp³-hybridized carbons (Fsp3) is 0.350. The molecule has 144 valence electrons. The molecule has 1 heterocycles. The van der Waals surface area contributed by atoms with Crippen LogP contribution in [0.25, 0.3) is 0 Å². The van der Waals surface area contributed by atoms with Crippen molar-refractivity contribution in [2.24, 2.45) is 0 Å². The van der Waals surface area contributed by atoms with E-state index in [1.165, 1.54) is 23.3 Å². The van der Waals surface area contributed by atoms with Crippen LogP contribution in [0.3, 0.4) is 0 Å². The summed E-state index contributed by atoms with van der Waals surface area (Å²) in [4.78, 5) is 16.3. The minimum absolute atomic E-state index is 0.145. The smallest absolute Gasteiger partial charge is 0.368 e. The van der Waals surface area contributed by atoms with Crippen molar-refractivity contribution in [2.45, 2.75) is 20.0 Å². The Balaban J connectivity index is 1.61. The van der Waals surface area contributed by atoms with Gasteiger partial charge in [0.05, 0.1) is 5.56 Å². The van der Waals surface area contributed by atoms with Crippen molar-refractivity contribution in [1.29, 1.82) is 0 Å². The Morgan fingerprint density at radius 2 is 1.70 bits per heavy atom. The zero-order chi connectivity index (χ0) is 19.6. The number of nitrogens with one attached hydrogen (secondary N) is 1. The number of amides is 2. The second-order valence-electron chi connectivity index (χ2n) is 6.77. The van der Waals surface area contributed by atoms with Gasteiger partial charge < -0.3 is 15.1 Å². The number of alkyl halides is 3. The van der Waals surface area contributed by atoms with Crippen LogP contribution in [-0.2, 0) is 6.18 Å². The molecule has 1 aliphatic rings. The van der Waals surface area contributed by atoms with Crippen LogP contribution in [0.2, 0.25) is 0 Å². The number of anilines is 2. The third-order valence-electron chi connectivity index (χ3n) is 4.71. The summed E-state index contributed by atoms with van der Waals surface area (Å²) in [6, 6.07) is 10.6. The van der Waals surface area contributed by atoms with E-state index in [1.807, 2.05) is 6.92 Å². The van der Waals surface area contributed by atoms with E-state index >= 15 is 0 Å². The Morgan fingerprint density at radius 3 is 2.37 bits per heavy atom. The number of urea groups is 1. The second kappa shape index (κ2) is 7.50. The number of hydrogen-bond donors (Lipinski definition) is 1. The number of hydrogen-bond acceptors (Lipinski definition) is 2. The van der Waals surface area contributed by atoms with Gasteiger partial charge in [0, 0.05) is 37.6 Å². The standard InChI is InChI=1S/C20H22F3N3O/c1-14-6-7-15(2)18(12-14)25-8-10-26(11-9-25)19(27)24-17-5-3-4-16(13-17)20(21,22)23/h3-7,12-13H,8-11H2,1-2H3,(H,24,27). The predicted molar refractivity (Wildman–Crippen MR) is 100 cm³/mol. The zero-order valence-corrected chi connectivity index (χ0v) is 15.3. The number of benzene rings is 2. The topological polar surface area (TPSA) is 35.6 Å². The van der Waals surface area contributed by atoms with E-state index in [4.69, 9.17) is 0 Å². The molecule has 2 aromatic rings. The average molecular weight is 377 g/mol. The lowest BCUT2D eigenvalue weighted by Crippen LogP contribution is -2.50. The van der Waals surface area contributed by atoms with Gasteiger partial charge in [-0.2, -0.15) is 13.2 Å². The first kappa shape index (κ1) is 19.1. The number of nitrogens with zero attached hydrogens (tertiary/aromatic N) is 2. The summed E-state index contributed by atoms with van der Waals surface area (Å²) in [6.45, 7) is 6.49. The number of aryl methyl sites for hydroxylation is 2. The number of carbonyl (C=O) groups is 1. The number of piperazine rings is 1. The molecule has 0 radical (unpaired) electrons. The Kier molecular flexibility index (Phi) is 5.30. The normalized spacial score (nSPS) is 15.0. The summed E-state index contributed by atoms with van der Waals surface area (Å²) in [5, 5.41) is 2.57. The number of rotatable bonds is 2. The van der Waals surface area contributed by atoms with Crippen LogP contribution in [-0.4, -0.2) is 37.1 Å². The monoisotopic (exact) mass is 377 g/mol. The summed E-state index contributed by atoms with van der Waals surface area (Å²) in [5.74, 6) is 0. The van der Waals surface area contributed by atoms with Crippen LogP contribution in [0.5, 0.6) is 0 Å². The maximum absolute atomic E-state index is 12.8. The van der Waals surface area contributed by atoms with E-state index in [-0.39, 0.29) is 11.7 Å². The zero-order valence-electron chi connectivity index (χ0n) is 15.3. The third kappa shape index (κ3) is 4.53. The third-order valence-corrected chi connectivity index (χ3v) is 4.71. The lowest BCUT2D eigenvalue weighted by atomic mass is 10.1. The predicted octanol–water partition coefficient (Wildman–Crippen LogP) is 4.68. The highest BCUT2D eigenvalue weighted by molar-refractivity contribution is 5.89. The van der Waals surface area contributed by atoms with Gasteiger partial charge in [-0.1, -0.05) is 18.2 Å². The van der Waals surface area contributed by atoms with Gasteiger partial charge in [-0.25, -0.2) is 4.79 Å². The van der Waals surface area contributed by atoms with Gasteiger partial charge in [0.2, 0.25) is 0 Å². The lowest BCUT2D eigenvalue weighted by molar-refractivity contribution is -0.137. The van der Waals surface area contributed by atoms with Crippen LogP contribution < -0.4 is 10.2 Å². The Morgan fingerprint density at radius 1 is 1.00 bits per heavy atom. The molecule has 1 fully saturated rings. The summed E-state index contributed by atoms with van der Waals surface area (Å²) in [5.41, 5.74) is 2.89. The molecule has 7 heteroatoms. The summed E-state index contributed by atoms with van der Waals surface area (Å²) < 4.78 is 38.4. The summed E-state index contributed by atoms with van der Waals surface area (Å²) >= 11 is 0. The molecule has 0 aliphatic carbocycles. The van der Waals surface area contributed by atoms with Crippen molar-refractivity contribution in [3.63, 3.8) is 0 Å². The highest BCUT2D eigenvalue weighted by Gasteiger charge is 2.30. The highest BCUT2D eigenvalue weighted by atomic mass is 19.4. The molecule has 2 aromatic carbocycles. The molecule has 1 N–H and O–H groups in total. The van der Waals surface area contributed by atoms with Gasteiger partial charge in [-0.15, -0.1) is 0 Å². The Labute approximate surface area is 156 Å². The van der Waals surface area contributed by atoms with Crippen LogP contribution in [0, 0.1) is 13.8 Å². The van der Waals surface area contributed by atoms with Crippen LogP contribution >= 0.6 is 0 Å². The van der Waals surface area contributed by atoms with Gasteiger partial charge in [0.1, 0.15) is 0 Å². The van der Waals surface area contributed by atoms with Gasteiger partial charge in [0.25, 0.3) is 0 Å². The maximum Gasteiger partial charge on any atom is 0.416 e. The van der Waals surface area contributed by atoms with E-state index in [0.717, 1.165) is 17.8 Å². The Bertz CT molecular complexity index is 827. The van der Waals surface area contributed by atoms with Crippen LogP contribution in [0.4, 0.5) is 29.3 Å². The van der Waals surface area contributed by atoms with E-state index in [1.54, 1.807) is 4.90 Å². The molecule has 0 spiro atoms. The molecule has 0 aromatic heterocycles. The lowest BCUT2D eigenvalue weighted by Gasteiger charge is -2.37. The molecule has 27 heavy (non-hydrogen) atoms. The minimum atomic E-state index is -4.43. The molecule has 0 bridgehead atoms. The Hall–Kier alpha value is -2.70. The van der Waals surface area contributed by atoms with Crippen molar-refractivity contribution in [1.82, 2.24) is 4.90 Å². The molecule has 1 saturated heterocycles. The fourth-order valence-electron chi connectivity index (χ4n) is 3.19. The molecular weight excluding hydrogens is 355 g/mol. The number of carbonyl (C=O) groups excluding carboxylic acids is 1. The molecule has 1 aliphatic heterocycles. The van der Waals surface area contributed by atoms with Gasteiger partial charge >= 0.3 is 12.2 Å². The molecule has 0 saturated carbocycles. The van der Waals surface area contributed by atoms with Gasteiger partial charge in [-0.3, -0.25) is 0 Å². The van der Waals surface area contributed by atoms with Gasteiger partial charge in [0.15, 0.2) is 0 Å². The first-order chi connectivity index (χ1) is 12.7. The van der Waals surface area contributed by atoms with E-state index in [0.29, 0.717) is 26.2 Å². The van der Waals surface area contributed by atoms with Crippen molar-refractivity contribution in [3.8, 4) is 0 Å². The quantitative estimate of drug-likeness (QED) is 0.825. The van der Waals surface area contributed by atoms with E-state index in [2.05, 4.69) is 35.3 Å². The largest absolute Gasteiger partial charge is 0.416 e. The van der Waals surface area contributed by atoms with Crippen LogP contribution in [0.1, 0.15) is 16.7 Å². The molecule has 4 nitrogen and oxygen atoms in total. The van der Waals surface area contributed by atoms with Crippen molar-refractivity contribution < 1.29 is 18.0 Å². The molecule has 2 amide bonds. The molecule has 0 unspecified atom stereocenters. The molecule has 0 atom stereocenters. The van der Waals surface area contributed by atoms with E-state index in [9.17, 15) is 18.0 Å². The SMILES string of the molecule is Cc1ccc(C)c(N2CCN(C(=O)Nc3cccc(C(F)(F)F)c3)CC2)c1. The van der Waals surface area contributed by atoms with Crippen molar-refractivity contribution in [3.05, 3.63) is 59.2 Å². The number of halogens is 3. The van der Waals surface area contributed by atoms with Crippen molar-refractivity contribution >= 4 is 17.4 Å². The first-order valence-corrected chi connectivity index (χ1v) is 8.79. The molecular formula is C20H22F3N3O. The van der Waals surface area contributed by atoms with Gasteiger partial charge in [-0.05, 0) is 49.2 Å². The van der Waals surface area contributed by atoms with E-state index < -0.39 is 11.7 Å². The average Bonchev–Trinajstić information content (AvgIpc) is 2.63. The second-order valence-corrected chi connectivity index (χ2v) is 6.77. The van der Waals surface area contributed by atoms with Crippen LogP contribution in [0.15, 0.2) is 42.5 Å².